The van der Waals surface area contributed by atoms with Crippen LogP contribution >= 0.6 is 27.3 Å². The van der Waals surface area contributed by atoms with E-state index in [1.54, 1.807) is 40.5 Å². The molecule has 8 nitrogen and oxygen atoms in total. The van der Waals surface area contributed by atoms with Gasteiger partial charge in [0.15, 0.2) is 0 Å². The summed E-state index contributed by atoms with van der Waals surface area (Å²) in [6.07, 6.45) is 0. The lowest BCUT2D eigenvalue weighted by atomic mass is 10.2. The zero-order valence-corrected chi connectivity index (χ0v) is 18.5. The Bertz CT molecular complexity index is 998. The largest absolute Gasteiger partial charge is 0.343 e. The number of thiophene rings is 1. The van der Waals surface area contributed by atoms with Crippen molar-refractivity contribution in [2.45, 2.75) is 6.54 Å². The first-order valence-electron chi connectivity index (χ1n) is 9.49. The normalized spacial score (nSPS) is 14.6. The highest BCUT2D eigenvalue weighted by molar-refractivity contribution is 9.10. The van der Waals surface area contributed by atoms with Gasteiger partial charge in [-0.15, -0.1) is 11.3 Å². The maximum absolute atomic E-state index is 12.4. The van der Waals surface area contributed by atoms with E-state index < -0.39 is 0 Å². The molecule has 1 N–H and O–H groups in total. The fraction of sp³-hybridized carbons (Fsp3) is 0.300. The van der Waals surface area contributed by atoms with Crippen LogP contribution in [0.5, 0.6) is 0 Å². The zero-order valence-electron chi connectivity index (χ0n) is 16.1. The van der Waals surface area contributed by atoms with Crippen molar-refractivity contribution in [1.82, 2.24) is 25.3 Å². The van der Waals surface area contributed by atoms with Crippen molar-refractivity contribution < 1.29 is 14.1 Å². The summed E-state index contributed by atoms with van der Waals surface area (Å²) >= 11 is 4.91. The predicted molar refractivity (Wildman–Crippen MR) is 116 cm³/mol. The van der Waals surface area contributed by atoms with Crippen LogP contribution in [0.25, 0.3) is 10.7 Å². The molecule has 4 rings (SSSR count). The number of halogens is 1. The van der Waals surface area contributed by atoms with Crippen molar-refractivity contribution in [3.63, 3.8) is 0 Å². The van der Waals surface area contributed by atoms with Crippen LogP contribution in [0, 0.1) is 0 Å². The lowest BCUT2D eigenvalue weighted by molar-refractivity contribution is -0.131. The molecule has 2 aromatic heterocycles. The summed E-state index contributed by atoms with van der Waals surface area (Å²) in [6.45, 7) is 3.16. The summed E-state index contributed by atoms with van der Waals surface area (Å²) in [6, 6.07) is 10.9. The fourth-order valence-electron chi connectivity index (χ4n) is 3.14. The summed E-state index contributed by atoms with van der Waals surface area (Å²) in [5.41, 5.74) is 0.525. The molecule has 3 aromatic rings. The Balaban J connectivity index is 1.21. The van der Waals surface area contributed by atoms with Gasteiger partial charge in [-0.2, -0.15) is 4.98 Å². The van der Waals surface area contributed by atoms with Gasteiger partial charge in [-0.05, 0) is 35.7 Å². The highest BCUT2D eigenvalue weighted by Gasteiger charge is 2.23. The van der Waals surface area contributed by atoms with E-state index in [1.165, 1.54) is 0 Å². The second kappa shape index (κ2) is 9.50. The molecule has 0 bridgehead atoms. The van der Waals surface area contributed by atoms with E-state index in [-0.39, 0.29) is 18.4 Å². The summed E-state index contributed by atoms with van der Waals surface area (Å²) in [7, 11) is 0. The molecule has 1 aliphatic heterocycles. The third-order valence-corrected chi connectivity index (χ3v) is 6.19. The van der Waals surface area contributed by atoms with Crippen LogP contribution in [0.3, 0.4) is 0 Å². The molecule has 156 valence electrons. The quantitative estimate of drug-likeness (QED) is 0.572. The highest BCUT2D eigenvalue weighted by atomic mass is 79.9. The Morgan fingerprint density at radius 3 is 2.60 bits per heavy atom. The first-order valence-corrected chi connectivity index (χ1v) is 11.2. The van der Waals surface area contributed by atoms with E-state index in [0.717, 1.165) is 9.35 Å². The van der Waals surface area contributed by atoms with Crippen molar-refractivity contribution in [3.05, 3.63) is 57.7 Å². The molecule has 1 saturated heterocycles. The van der Waals surface area contributed by atoms with Gasteiger partial charge in [0.1, 0.15) is 0 Å². The van der Waals surface area contributed by atoms with Gasteiger partial charge in [-0.1, -0.05) is 27.2 Å². The van der Waals surface area contributed by atoms with Crippen LogP contribution in [0.2, 0.25) is 0 Å². The SMILES string of the molecule is O=C(NCC(=O)N1CCN(Cc2nc(-c3cccs3)no2)CC1)c1ccc(Br)cc1. The molecule has 0 unspecified atom stereocenters. The van der Waals surface area contributed by atoms with Crippen LogP contribution < -0.4 is 5.32 Å². The van der Waals surface area contributed by atoms with Gasteiger partial charge < -0.3 is 14.7 Å². The number of hydrogen-bond donors (Lipinski definition) is 1. The first kappa shape index (κ1) is 20.7. The Labute approximate surface area is 186 Å². The minimum absolute atomic E-state index is 0.0112. The van der Waals surface area contributed by atoms with Crippen LogP contribution in [-0.4, -0.2) is 64.5 Å². The van der Waals surface area contributed by atoms with Crippen LogP contribution in [0.4, 0.5) is 0 Å². The van der Waals surface area contributed by atoms with Crippen molar-refractivity contribution in [3.8, 4) is 10.7 Å². The molecule has 10 heteroatoms. The summed E-state index contributed by atoms with van der Waals surface area (Å²) < 4.78 is 6.25. The number of amides is 2. The summed E-state index contributed by atoms with van der Waals surface area (Å²) in [5.74, 6) is 0.834. The molecule has 0 atom stereocenters. The first-order chi connectivity index (χ1) is 14.6. The molecule has 0 spiro atoms. The van der Waals surface area contributed by atoms with Gasteiger partial charge in [0.05, 0.1) is 18.0 Å². The van der Waals surface area contributed by atoms with Crippen molar-refractivity contribution >= 4 is 39.1 Å². The minimum Gasteiger partial charge on any atom is -0.343 e. The zero-order chi connectivity index (χ0) is 20.9. The van der Waals surface area contributed by atoms with E-state index in [4.69, 9.17) is 4.52 Å². The topological polar surface area (TPSA) is 91.6 Å². The molecule has 0 radical (unpaired) electrons. The smallest absolute Gasteiger partial charge is 0.251 e. The molecule has 3 heterocycles. The van der Waals surface area contributed by atoms with Crippen LogP contribution in [0.15, 0.2) is 50.8 Å². The van der Waals surface area contributed by atoms with E-state index in [1.807, 2.05) is 17.5 Å². The van der Waals surface area contributed by atoms with Crippen LogP contribution in [0.1, 0.15) is 16.2 Å². The fourth-order valence-corrected chi connectivity index (χ4v) is 4.06. The summed E-state index contributed by atoms with van der Waals surface area (Å²) in [4.78, 5) is 34.0. The van der Waals surface area contributed by atoms with Gasteiger partial charge in [-0.25, -0.2) is 0 Å². The molecule has 1 aromatic carbocycles. The van der Waals surface area contributed by atoms with Crippen LogP contribution in [-0.2, 0) is 11.3 Å². The van der Waals surface area contributed by atoms with Gasteiger partial charge in [0.2, 0.25) is 17.6 Å². The second-order valence-corrected chi connectivity index (χ2v) is 8.70. The molecule has 1 aliphatic rings. The molecular weight excluding hydrogens is 470 g/mol. The average Bonchev–Trinajstić information content (AvgIpc) is 3.45. The minimum atomic E-state index is -0.257. The number of hydrogen-bond acceptors (Lipinski definition) is 7. The molecular formula is C20H20BrN5O3S. The summed E-state index contributed by atoms with van der Waals surface area (Å²) in [5, 5.41) is 8.69. The second-order valence-electron chi connectivity index (χ2n) is 6.84. The number of carbonyl (C=O) groups excluding carboxylic acids is 2. The maximum Gasteiger partial charge on any atom is 0.251 e. The van der Waals surface area contributed by atoms with E-state index in [2.05, 4.69) is 36.3 Å². The Morgan fingerprint density at radius 1 is 1.13 bits per heavy atom. The highest BCUT2D eigenvalue weighted by Crippen LogP contribution is 2.21. The third kappa shape index (κ3) is 5.13. The molecule has 30 heavy (non-hydrogen) atoms. The van der Waals surface area contributed by atoms with Gasteiger partial charge in [0.25, 0.3) is 5.91 Å². The van der Waals surface area contributed by atoms with Gasteiger partial charge in [-0.3, -0.25) is 14.5 Å². The molecule has 1 fully saturated rings. The number of benzene rings is 1. The number of carbonyl (C=O) groups is 2. The van der Waals surface area contributed by atoms with E-state index in [9.17, 15) is 9.59 Å². The molecule has 2 amide bonds. The lowest BCUT2D eigenvalue weighted by Crippen LogP contribution is -2.50. The van der Waals surface area contributed by atoms with Crippen molar-refractivity contribution in [2.24, 2.45) is 0 Å². The standard InChI is InChI=1S/C20H20BrN5O3S/c21-15-5-3-14(4-6-15)20(28)22-12-18(27)26-9-7-25(8-10-26)13-17-23-19(24-29-17)16-2-1-11-30-16/h1-6,11H,7-10,12-13H2,(H,22,28). The Morgan fingerprint density at radius 2 is 1.90 bits per heavy atom. The Kier molecular flexibility index (Phi) is 6.56. The monoisotopic (exact) mass is 489 g/mol. The third-order valence-electron chi connectivity index (χ3n) is 4.80. The average molecular weight is 490 g/mol. The van der Waals surface area contributed by atoms with Crippen molar-refractivity contribution in [2.75, 3.05) is 32.7 Å². The van der Waals surface area contributed by atoms with Crippen molar-refractivity contribution in [1.29, 1.82) is 0 Å². The molecule has 0 saturated carbocycles. The molecule has 0 aliphatic carbocycles. The van der Waals surface area contributed by atoms with E-state index in [0.29, 0.717) is 50.0 Å². The predicted octanol–water partition coefficient (Wildman–Crippen LogP) is 2.63. The van der Waals surface area contributed by atoms with E-state index >= 15 is 0 Å². The van der Waals surface area contributed by atoms with Gasteiger partial charge >= 0.3 is 0 Å². The number of rotatable bonds is 6. The number of aromatic nitrogens is 2. The van der Waals surface area contributed by atoms with Gasteiger partial charge in [0, 0.05) is 36.2 Å². The number of nitrogens with zero attached hydrogens (tertiary/aromatic N) is 4. The number of nitrogens with one attached hydrogen (secondary N) is 1. The maximum atomic E-state index is 12.4. The lowest BCUT2D eigenvalue weighted by Gasteiger charge is -2.34. The Hall–Kier alpha value is -2.56. The number of piperazine rings is 1.